The molecule has 2 aromatic carbocycles. The van der Waals surface area contributed by atoms with Crippen LogP contribution in [0.15, 0.2) is 71.5 Å². The highest BCUT2D eigenvalue weighted by Gasteiger charge is 2.40. The topological polar surface area (TPSA) is 40.0 Å². The Morgan fingerprint density at radius 3 is 2.46 bits per heavy atom. The lowest BCUT2D eigenvalue weighted by atomic mass is 9.87. The van der Waals surface area contributed by atoms with Crippen LogP contribution in [0.5, 0.6) is 0 Å². The van der Waals surface area contributed by atoms with Gasteiger partial charge in [0.05, 0.1) is 0 Å². The van der Waals surface area contributed by atoms with E-state index in [1.807, 2.05) is 13.1 Å². The molecule has 1 aliphatic carbocycles. The fourth-order valence-electron chi connectivity index (χ4n) is 4.17. The fourth-order valence-corrected chi connectivity index (χ4v) is 7.26. The number of fused-ring (bicyclic) bond motifs is 2. The SMILES string of the molecule is C[NH+]=C1C=CC2=C(c3ccccc3C)c3ccc(N)cc3[Si](C)(C)C2=C1. The molecule has 0 fully saturated rings. The van der Waals surface area contributed by atoms with Crippen molar-refractivity contribution in [1.29, 1.82) is 0 Å². The third-order valence-electron chi connectivity index (χ3n) is 5.65. The zero-order valence-corrected chi connectivity index (χ0v) is 16.9. The molecule has 130 valence electrons. The van der Waals surface area contributed by atoms with Gasteiger partial charge in [0.2, 0.25) is 0 Å². The van der Waals surface area contributed by atoms with Crippen LogP contribution in [-0.2, 0) is 0 Å². The van der Waals surface area contributed by atoms with E-state index < -0.39 is 8.07 Å². The van der Waals surface area contributed by atoms with E-state index in [1.165, 1.54) is 43.9 Å². The molecule has 0 radical (unpaired) electrons. The van der Waals surface area contributed by atoms with Gasteiger partial charge in [-0.25, -0.2) is 4.99 Å². The van der Waals surface area contributed by atoms with Crippen LogP contribution in [0.2, 0.25) is 13.1 Å². The van der Waals surface area contributed by atoms with Crippen molar-refractivity contribution in [2.24, 2.45) is 0 Å². The van der Waals surface area contributed by atoms with Crippen molar-refractivity contribution in [3.8, 4) is 0 Å². The van der Waals surface area contributed by atoms with Crippen LogP contribution in [0.4, 0.5) is 5.69 Å². The van der Waals surface area contributed by atoms with E-state index in [0.29, 0.717) is 0 Å². The van der Waals surface area contributed by atoms with Gasteiger partial charge in [0.1, 0.15) is 15.1 Å². The maximum atomic E-state index is 6.19. The van der Waals surface area contributed by atoms with Crippen molar-refractivity contribution in [1.82, 2.24) is 0 Å². The summed E-state index contributed by atoms with van der Waals surface area (Å²) in [6, 6.07) is 15.1. The first-order valence-electron chi connectivity index (χ1n) is 9.09. The second-order valence-corrected chi connectivity index (χ2v) is 12.0. The summed E-state index contributed by atoms with van der Waals surface area (Å²) in [6.45, 7) is 7.05. The Labute approximate surface area is 156 Å². The molecule has 1 heterocycles. The predicted octanol–water partition coefficient (Wildman–Crippen LogP) is 2.49. The second-order valence-electron chi connectivity index (χ2n) is 7.63. The molecule has 0 atom stereocenters. The summed E-state index contributed by atoms with van der Waals surface area (Å²) >= 11 is 0. The summed E-state index contributed by atoms with van der Waals surface area (Å²) in [5, 5.41) is 2.90. The Kier molecular flexibility index (Phi) is 3.85. The average Bonchev–Trinajstić information content (AvgIpc) is 2.63. The van der Waals surface area contributed by atoms with Crippen LogP contribution in [0.1, 0.15) is 16.7 Å². The second kappa shape index (κ2) is 5.96. The van der Waals surface area contributed by atoms with Gasteiger partial charge in [-0.2, -0.15) is 0 Å². The number of aryl methyl sites for hydroxylation is 1. The molecule has 3 heteroatoms. The largest absolute Gasteiger partial charge is 0.399 e. The van der Waals surface area contributed by atoms with E-state index in [9.17, 15) is 0 Å². The standard InChI is InChI=1S/C23H24N2Si/c1-15-7-5-6-8-18(15)23-19-11-9-16(24)13-21(19)26(3,4)22-14-17(25-2)10-12-20(22)23/h5-14H,24H2,1-4H3/p+1. The molecule has 4 rings (SSSR count). The number of nitrogen functional groups attached to an aromatic ring is 1. The summed E-state index contributed by atoms with van der Waals surface area (Å²) in [7, 11) is 0.139. The molecule has 0 saturated heterocycles. The van der Waals surface area contributed by atoms with Gasteiger partial charge in [0.25, 0.3) is 0 Å². The highest BCUT2D eigenvalue weighted by Crippen LogP contribution is 2.41. The van der Waals surface area contributed by atoms with Crippen molar-refractivity contribution >= 4 is 30.2 Å². The summed E-state index contributed by atoms with van der Waals surface area (Å²) in [6.07, 6.45) is 6.81. The molecular formula is C23H25N2Si+. The van der Waals surface area contributed by atoms with Crippen LogP contribution in [0.25, 0.3) is 5.57 Å². The molecule has 0 aromatic heterocycles. The van der Waals surface area contributed by atoms with Gasteiger partial charge < -0.3 is 5.73 Å². The number of benzene rings is 2. The number of nitrogens with two attached hydrogens (primary N) is 1. The lowest BCUT2D eigenvalue weighted by Gasteiger charge is -2.37. The molecule has 1 aliphatic heterocycles. The lowest BCUT2D eigenvalue weighted by molar-refractivity contribution is -0.417. The zero-order chi connectivity index (χ0) is 18.5. The van der Waals surface area contributed by atoms with E-state index >= 15 is 0 Å². The van der Waals surface area contributed by atoms with Crippen molar-refractivity contribution < 1.29 is 4.99 Å². The Morgan fingerprint density at radius 1 is 0.962 bits per heavy atom. The third kappa shape index (κ3) is 2.43. The smallest absolute Gasteiger partial charge is 0.197 e. The van der Waals surface area contributed by atoms with Gasteiger partial charge in [0.15, 0.2) is 5.71 Å². The maximum absolute atomic E-state index is 6.19. The average molecular weight is 358 g/mol. The zero-order valence-electron chi connectivity index (χ0n) is 15.9. The summed E-state index contributed by atoms with van der Waals surface area (Å²) < 4.78 is 0. The molecular weight excluding hydrogens is 332 g/mol. The minimum Gasteiger partial charge on any atom is -0.399 e. The molecule has 0 spiro atoms. The minimum absolute atomic E-state index is 0.849. The number of rotatable bonds is 1. The van der Waals surface area contributed by atoms with Crippen LogP contribution in [-0.4, -0.2) is 20.8 Å². The van der Waals surface area contributed by atoms with Gasteiger partial charge >= 0.3 is 0 Å². The third-order valence-corrected chi connectivity index (χ3v) is 9.17. The molecule has 0 saturated carbocycles. The first-order chi connectivity index (χ1) is 12.4. The number of nitrogens with one attached hydrogen (secondary N) is 1. The first-order valence-corrected chi connectivity index (χ1v) is 12.1. The molecule has 2 nitrogen and oxygen atoms in total. The Morgan fingerprint density at radius 2 is 1.73 bits per heavy atom. The quantitative estimate of drug-likeness (QED) is 0.597. The monoisotopic (exact) mass is 357 g/mol. The van der Waals surface area contributed by atoms with E-state index in [4.69, 9.17) is 5.73 Å². The van der Waals surface area contributed by atoms with Gasteiger partial charge in [-0.15, -0.1) is 0 Å². The van der Waals surface area contributed by atoms with Crippen molar-refractivity contribution in [2.75, 3.05) is 12.8 Å². The number of allylic oxidation sites excluding steroid dienone is 5. The van der Waals surface area contributed by atoms with Crippen molar-refractivity contribution in [2.45, 2.75) is 20.0 Å². The fraction of sp³-hybridized carbons (Fsp3) is 0.174. The highest BCUT2D eigenvalue weighted by molar-refractivity contribution is 6.98. The van der Waals surface area contributed by atoms with E-state index in [-0.39, 0.29) is 0 Å². The van der Waals surface area contributed by atoms with Crippen LogP contribution in [0, 0.1) is 6.92 Å². The van der Waals surface area contributed by atoms with Crippen LogP contribution >= 0.6 is 0 Å². The van der Waals surface area contributed by atoms with Gasteiger partial charge in [-0.3, -0.25) is 0 Å². The summed E-state index contributed by atoms with van der Waals surface area (Å²) in [4.78, 5) is 3.30. The van der Waals surface area contributed by atoms with Crippen molar-refractivity contribution in [3.63, 3.8) is 0 Å². The molecule has 0 unspecified atom stereocenters. The van der Waals surface area contributed by atoms with Crippen LogP contribution in [0.3, 0.4) is 0 Å². The van der Waals surface area contributed by atoms with E-state index in [0.717, 1.165) is 5.69 Å². The van der Waals surface area contributed by atoms with Gasteiger partial charge in [-0.1, -0.05) is 43.4 Å². The molecule has 2 aliphatic rings. The highest BCUT2D eigenvalue weighted by atomic mass is 28.3. The lowest BCUT2D eigenvalue weighted by Crippen LogP contribution is -2.67. The van der Waals surface area contributed by atoms with Crippen molar-refractivity contribution in [3.05, 3.63) is 88.2 Å². The molecule has 2 aromatic rings. The van der Waals surface area contributed by atoms with Gasteiger partial charge in [0, 0.05) is 17.8 Å². The van der Waals surface area contributed by atoms with E-state index in [1.54, 1.807) is 0 Å². The van der Waals surface area contributed by atoms with Crippen LogP contribution < -0.4 is 15.9 Å². The Hall–Kier alpha value is -2.65. The molecule has 3 N–H and O–H groups in total. The van der Waals surface area contributed by atoms with Gasteiger partial charge in [-0.05, 0) is 63.4 Å². The molecule has 0 bridgehead atoms. The molecule has 26 heavy (non-hydrogen) atoms. The minimum atomic E-state index is -1.84. The Balaban J connectivity index is 2.13. The summed E-state index contributed by atoms with van der Waals surface area (Å²) in [5.74, 6) is 0. The van der Waals surface area contributed by atoms with E-state index in [2.05, 4.69) is 79.6 Å². The first kappa shape index (κ1) is 16.8. The number of anilines is 1. The summed E-state index contributed by atoms with van der Waals surface area (Å²) in [5.41, 5.74) is 14.9. The number of hydrogen-bond acceptors (Lipinski definition) is 1. The normalized spacial score (nSPS) is 19.2. The number of hydrogen-bond donors (Lipinski definition) is 2. The predicted molar refractivity (Wildman–Crippen MR) is 114 cm³/mol. The maximum Gasteiger partial charge on any atom is 0.197 e. The molecule has 0 amide bonds. The Bertz CT molecular complexity index is 1040.